The van der Waals surface area contributed by atoms with Crippen LogP contribution in [0.25, 0.3) is 21.3 Å². The van der Waals surface area contributed by atoms with Gasteiger partial charge in [-0.1, -0.05) is 47.7 Å². The fourth-order valence-electron chi connectivity index (χ4n) is 1.85. The minimum atomic E-state index is 0.799. The maximum absolute atomic E-state index is 5.85. The molecule has 0 aliphatic carbocycles. The topological polar surface area (TPSA) is 38.9 Å². The van der Waals surface area contributed by atoms with Gasteiger partial charge in [0.25, 0.3) is 0 Å². The average molecular weight is 240 g/mol. The third kappa shape index (κ3) is 1.78. The first-order valence-electron chi connectivity index (χ1n) is 5.46. The fourth-order valence-corrected chi connectivity index (χ4v) is 2.68. The number of anilines is 1. The first-order chi connectivity index (χ1) is 8.24. The molecule has 3 heteroatoms. The lowest BCUT2D eigenvalue weighted by Crippen LogP contribution is -1.81. The van der Waals surface area contributed by atoms with Crippen molar-refractivity contribution in [1.82, 2.24) is 4.98 Å². The Hall–Kier alpha value is -1.87. The number of hydrogen-bond acceptors (Lipinski definition) is 3. The molecule has 2 aromatic carbocycles. The fraction of sp³-hybridized carbons (Fsp3) is 0.0714. The molecule has 0 spiro atoms. The van der Waals surface area contributed by atoms with Crippen molar-refractivity contribution < 1.29 is 0 Å². The van der Waals surface area contributed by atoms with Gasteiger partial charge in [-0.2, -0.15) is 0 Å². The third-order valence-electron chi connectivity index (χ3n) is 2.83. The van der Waals surface area contributed by atoms with Crippen LogP contribution in [-0.4, -0.2) is 4.98 Å². The third-order valence-corrected chi connectivity index (χ3v) is 3.86. The zero-order chi connectivity index (χ0) is 11.8. The van der Waals surface area contributed by atoms with E-state index >= 15 is 0 Å². The molecule has 3 rings (SSSR count). The molecule has 0 fully saturated rings. The van der Waals surface area contributed by atoms with Crippen LogP contribution in [0.5, 0.6) is 0 Å². The number of thiazole rings is 1. The van der Waals surface area contributed by atoms with Crippen molar-refractivity contribution in [3.05, 3.63) is 48.2 Å². The Morgan fingerprint density at radius 1 is 1.06 bits per heavy atom. The molecular weight excluding hydrogens is 228 g/mol. The highest BCUT2D eigenvalue weighted by atomic mass is 32.1. The van der Waals surface area contributed by atoms with E-state index in [1.54, 1.807) is 11.3 Å². The van der Waals surface area contributed by atoms with Crippen molar-refractivity contribution in [1.29, 1.82) is 0 Å². The first kappa shape index (κ1) is 10.3. The number of rotatable bonds is 1. The van der Waals surface area contributed by atoms with Crippen molar-refractivity contribution in [2.75, 3.05) is 5.73 Å². The van der Waals surface area contributed by atoms with Crippen molar-refractivity contribution >= 4 is 27.1 Å². The van der Waals surface area contributed by atoms with Gasteiger partial charge < -0.3 is 5.73 Å². The van der Waals surface area contributed by atoms with Crippen LogP contribution in [-0.2, 0) is 0 Å². The summed E-state index contributed by atoms with van der Waals surface area (Å²) in [5.74, 6) is 0. The standard InChI is InChI=1S/C14H12N2S/c1-9-13(15)17-14(16-9)12-7-6-10-4-2-3-5-11(10)8-12/h2-8H,15H2,1H3. The van der Waals surface area contributed by atoms with Gasteiger partial charge in [-0.3, -0.25) is 0 Å². The SMILES string of the molecule is Cc1nc(-c2ccc3ccccc3c2)sc1N. The van der Waals surface area contributed by atoms with Crippen LogP contribution in [0.4, 0.5) is 5.00 Å². The molecule has 1 aromatic heterocycles. The highest BCUT2D eigenvalue weighted by Crippen LogP contribution is 2.31. The summed E-state index contributed by atoms with van der Waals surface area (Å²) in [4.78, 5) is 4.48. The minimum Gasteiger partial charge on any atom is -0.389 e. The van der Waals surface area contributed by atoms with Crippen molar-refractivity contribution in [2.45, 2.75) is 6.92 Å². The molecular formula is C14H12N2S. The molecule has 3 aromatic rings. The van der Waals surface area contributed by atoms with E-state index in [2.05, 4.69) is 35.3 Å². The lowest BCUT2D eigenvalue weighted by atomic mass is 10.1. The maximum atomic E-state index is 5.85. The van der Waals surface area contributed by atoms with E-state index in [-0.39, 0.29) is 0 Å². The van der Waals surface area contributed by atoms with Crippen LogP contribution in [0.2, 0.25) is 0 Å². The molecule has 17 heavy (non-hydrogen) atoms. The number of nitrogen functional groups attached to an aromatic ring is 1. The van der Waals surface area contributed by atoms with E-state index in [1.807, 2.05) is 19.1 Å². The van der Waals surface area contributed by atoms with E-state index in [0.717, 1.165) is 21.3 Å². The molecule has 0 saturated heterocycles. The molecule has 1 heterocycles. The van der Waals surface area contributed by atoms with Gasteiger partial charge in [0, 0.05) is 5.56 Å². The molecule has 2 nitrogen and oxygen atoms in total. The number of nitrogens with zero attached hydrogens (tertiary/aromatic N) is 1. The van der Waals surface area contributed by atoms with E-state index in [9.17, 15) is 0 Å². The molecule has 84 valence electrons. The Kier molecular flexibility index (Phi) is 2.34. The molecule has 2 N–H and O–H groups in total. The Morgan fingerprint density at radius 2 is 1.82 bits per heavy atom. The summed E-state index contributed by atoms with van der Waals surface area (Å²) in [6.07, 6.45) is 0. The second-order valence-electron chi connectivity index (χ2n) is 4.03. The van der Waals surface area contributed by atoms with Gasteiger partial charge in [-0.05, 0) is 23.8 Å². The van der Waals surface area contributed by atoms with Crippen LogP contribution >= 0.6 is 11.3 Å². The molecule has 0 saturated carbocycles. The summed E-state index contributed by atoms with van der Waals surface area (Å²) >= 11 is 1.54. The van der Waals surface area contributed by atoms with E-state index < -0.39 is 0 Å². The lowest BCUT2D eigenvalue weighted by molar-refractivity contribution is 1.27. The molecule has 0 aliphatic rings. The quantitative estimate of drug-likeness (QED) is 0.701. The van der Waals surface area contributed by atoms with Gasteiger partial charge in [-0.15, -0.1) is 0 Å². The Balaban J connectivity index is 2.17. The van der Waals surface area contributed by atoms with Crippen molar-refractivity contribution in [3.8, 4) is 10.6 Å². The van der Waals surface area contributed by atoms with Crippen molar-refractivity contribution in [3.63, 3.8) is 0 Å². The highest BCUT2D eigenvalue weighted by Gasteiger charge is 2.07. The number of aromatic nitrogens is 1. The first-order valence-corrected chi connectivity index (χ1v) is 6.28. The predicted molar refractivity (Wildman–Crippen MR) is 74.2 cm³/mol. The number of benzene rings is 2. The summed E-state index contributed by atoms with van der Waals surface area (Å²) in [6, 6.07) is 14.7. The number of hydrogen-bond donors (Lipinski definition) is 1. The molecule has 0 bridgehead atoms. The van der Waals surface area contributed by atoms with Crippen molar-refractivity contribution in [2.24, 2.45) is 0 Å². The Labute approximate surface area is 104 Å². The minimum absolute atomic E-state index is 0.799. The smallest absolute Gasteiger partial charge is 0.125 e. The van der Waals surface area contributed by atoms with Crippen LogP contribution in [0, 0.1) is 6.92 Å². The van der Waals surface area contributed by atoms with Crippen LogP contribution in [0.1, 0.15) is 5.69 Å². The van der Waals surface area contributed by atoms with Gasteiger partial charge in [0.1, 0.15) is 10.0 Å². The summed E-state index contributed by atoms with van der Waals surface area (Å²) in [5.41, 5.74) is 7.89. The van der Waals surface area contributed by atoms with E-state index in [0.29, 0.717) is 0 Å². The Bertz CT molecular complexity index is 666. The zero-order valence-electron chi connectivity index (χ0n) is 9.47. The van der Waals surface area contributed by atoms with Gasteiger partial charge in [0.2, 0.25) is 0 Å². The second-order valence-corrected chi connectivity index (χ2v) is 5.06. The largest absolute Gasteiger partial charge is 0.389 e. The average Bonchev–Trinajstić information content (AvgIpc) is 2.69. The molecule has 0 aliphatic heterocycles. The number of nitrogens with two attached hydrogens (primary N) is 1. The van der Waals surface area contributed by atoms with Crippen LogP contribution in [0.3, 0.4) is 0 Å². The second kappa shape index (κ2) is 3.86. The number of fused-ring (bicyclic) bond motifs is 1. The highest BCUT2D eigenvalue weighted by molar-refractivity contribution is 7.18. The van der Waals surface area contributed by atoms with Crippen LogP contribution < -0.4 is 5.73 Å². The van der Waals surface area contributed by atoms with Crippen LogP contribution in [0.15, 0.2) is 42.5 Å². The predicted octanol–water partition coefficient (Wildman–Crippen LogP) is 3.85. The maximum Gasteiger partial charge on any atom is 0.125 e. The summed E-state index contributed by atoms with van der Waals surface area (Å²) in [6.45, 7) is 1.94. The normalized spacial score (nSPS) is 10.9. The molecule has 0 unspecified atom stereocenters. The van der Waals surface area contributed by atoms with E-state index in [1.165, 1.54) is 10.8 Å². The van der Waals surface area contributed by atoms with Gasteiger partial charge in [0.15, 0.2) is 0 Å². The van der Waals surface area contributed by atoms with Gasteiger partial charge in [-0.25, -0.2) is 4.98 Å². The van der Waals surface area contributed by atoms with Gasteiger partial charge in [0.05, 0.1) is 5.69 Å². The number of aryl methyl sites for hydroxylation is 1. The molecule has 0 radical (unpaired) electrons. The summed E-state index contributed by atoms with van der Waals surface area (Å²) in [7, 11) is 0. The monoisotopic (exact) mass is 240 g/mol. The molecule has 0 atom stereocenters. The van der Waals surface area contributed by atoms with E-state index in [4.69, 9.17) is 5.73 Å². The summed E-state index contributed by atoms with van der Waals surface area (Å²) < 4.78 is 0. The summed E-state index contributed by atoms with van der Waals surface area (Å²) in [5, 5.41) is 4.27. The Morgan fingerprint density at radius 3 is 2.53 bits per heavy atom. The molecule has 0 amide bonds. The zero-order valence-corrected chi connectivity index (χ0v) is 10.3. The lowest BCUT2D eigenvalue weighted by Gasteiger charge is -2.00. The van der Waals surface area contributed by atoms with Gasteiger partial charge >= 0.3 is 0 Å².